The van der Waals surface area contributed by atoms with Gasteiger partial charge in [-0.3, -0.25) is 0 Å². The molecule has 122 valence electrons. The molecule has 1 aromatic carbocycles. The van der Waals surface area contributed by atoms with Gasteiger partial charge in [0.2, 0.25) is 0 Å². The minimum atomic E-state index is -0.884. The molecule has 0 radical (unpaired) electrons. The number of likely N-dealkylation sites (tertiary alicyclic amines) is 1. The maximum atomic E-state index is 12.5. The molecule has 1 aliphatic rings. The van der Waals surface area contributed by atoms with Gasteiger partial charge in [0.05, 0.1) is 18.2 Å². The highest BCUT2D eigenvalue weighted by molar-refractivity contribution is 5.89. The van der Waals surface area contributed by atoms with Gasteiger partial charge >= 0.3 is 6.03 Å². The van der Waals surface area contributed by atoms with Gasteiger partial charge in [0, 0.05) is 18.8 Å². The van der Waals surface area contributed by atoms with Crippen LogP contribution in [-0.2, 0) is 11.3 Å². The van der Waals surface area contributed by atoms with Crippen LogP contribution in [0, 0.1) is 0 Å². The van der Waals surface area contributed by atoms with E-state index in [1.165, 1.54) is 0 Å². The van der Waals surface area contributed by atoms with Crippen LogP contribution in [0.15, 0.2) is 24.3 Å². The van der Waals surface area contributed by atoms with Gasteiger partial charge in [-0.2, -0.15) is 0 Å². The van der Waals surface area contributed by atoms with Gasteiger partial charge in [0.25, 0.3) is 0 Å². The maximum Gasteiger partial charge on any atom is 0.322 e. The molecule has 1 saturated heterocycles. The summed E-state index contributed by atoms with van der Waals surface area (Å²) in [5, 5.41) is 13.1. The fraction of sp³-hybridized carbons (Fsp3) is 0.588. The molecule has 1 fully saturated rings. The average molecular weight is 306 g/mol. The number of nitrogens with zero attached hydrogens (tertiary/aromatic N) is 1. The first-order chi connectivity index (χ1) is 10.4. The van der Waals surface area contributed by atoms with E-state index in [1.807, 2.05) is 31.2 Å². The van der Waals surface area contributed by atoms with Crippen LogP contribution in [0.2, 0.25) is 0 Å². The number of urea groups is 1. The fourth-order valence-electron chi connectivity index (χ4n) is 2.90. The second kappa shape index (κ2) is 7.11. The third-order valence-electron chi connectivity index (χ3n) is 3.98. The molecule has 2 N–H and O–H groups in total. The van der Waals surface area contributed by atoms with Crippen molar-refractivity contribution in [3.05, 3.63) is 29.8 Å². The Balaban J connectivity index is 2.02. The smallest absolute Gasteiger partial charge is 0.322 e. The topological polar surface area (TPSA) is 61.8 Å². The van der Waals surface area contributed by atoms with Gasteiger partial charge in [-0.1, -0.05) is 12.1 Å². The standard InChI is InChI=1S/C17H26N2O3/c1-4-22-12-13-7-5-8-14(11-13)18-16(20)19-10-6-9-15(19)17(2,3)21/h5,7-8,11,15,21H,4,6,9-10,12H2,1-3H3,(H,18,20). The highest BCUT2D eigenvalue weighted by atomic mass is 16.5. The first kappa shape index (κ1) is 16.8. The van der Waals surface area contributed by atoms with Crippen LogP contribution in [0.1, 0.15) is 39.2 Å². The van der Waals surface area contributed by atoms with E-state index in [2.05, 4.69) is 5.32 Å². The van der Waals surface area contributed by atoms with Crippen molar-refractivity contribution in [1.82, 2.24) is 4.90 Å². The van der Waals surface area contributed by atoms with Crippen molar-refractivity contribution in [2.24, 2.45) is 0 Å². The zero-order valence-corrected chi connectivity index (χ0v) is 13.6. The summed E-state index contributed by atoms with van der Waals surface area (Å²) in [7, 11) is 0. The third-order valence-corrected chi connectivity index (χ3v) is 3.98. The van der Waals surface area contributed by atoms with Gasteiger partial charge in [0.15, 0.2) is 0 Å². The van der Waals surface area contributed by atoms with Crippen molar-refractivity contribution in [3.8, 4) is 0 Å². The minimum absolute atomic E-state index is 0.140. The summed E-state index contributed by atoms with van der Waals surface area (Å²) in [6.07, 6.45) is 1.76. The largest absolute Gasteiger partial charge is 0.388 e. The molecule has 0 spiro atoms. The minimum Gasteiger partial charge on any atom is -0.388 e. The van der Waals surface area contributed by atoms with Crippen LogP contribution < -0.4 is 5.32 Å². The summed E-state index contributed by atoms with van der Waals surface area (Å²) < 4.78 is 5.38. The van der Waals surface area contributed by atoms with Gasteiger partial charge in [-0.25, -0.2) is 4.79 Å². The molecular formula is C17H26N2O3. The summed E-state index contributed by atoms with van der Waals surface area (Å²) in [6.45, 7) is 7.35. The number of rotatable bonds is 5. The number of amides is 2. The maximum absolute atomic E-state index is 12.5. The highest BCUT2D eigenvalue weighted by Gasteiger charge is 2.38. The molecule has 5 heteroatoms. The number of benzene rings is 1. The monoisotopic (exact) mass is 306 g/mol. The van der Waals surface area contributed by atoms with Gasteiger partial charge in [-0.05, 0) is 51.3 Å². The van der Waals surface area contributed by atoms with Crippen molar-refractivity contribution < 1.29 is 14.6 Å². The molecule has 1 atom stereocenters. The molecule has 5 nitrogen and oxygen atoms in total. The van der Waals surface area contributed by atoms with Gasteiger partial charge in [-0.15, -0.1) is 0 Å². The molecule has 2 amide bonds. The molecular weight excluding hydrogens is 280 g/mol. The van der Waals surface area contributed by atoms with E-state index in [9.17, 15) is 9.90 Å². The number of hydrogen-bond acceptors (Lipinski definition) is 3. The van der Waals surface area contributed by atoms with Crippen LogP contribution in [0.25, 0.3) is 0 Å². The Hall–Kier alpha value is -1.59. The zero-order valence-electron chi connectivity index (χ0n) is 13.6. The van der Waals surface area contributed by atoms with Crippen molar-refractivity contribution in [2.45, 2.75) is 51.9 Å². The molecule has 1 heterocycles. The molecule has 22 heavy (non-hydrogen) atoms. The average Bonchev–Trinajstić information content (AvgIpc) is 2.95. The Bertz CT molecular complexity index is 511. The lowest BCUT2D eigenvalue weighted by Crippen LogP contribution is -2.49. The van der Waals surface area contributed by atoms with Crippen molar-refractivity contribution in [3.63, 3.8) is 0 Å². The molecule has 1 aromatic rings. The summed E-state index contributed by atoms with van der Waals surface area (Å²) >= 11 is 0. The number of ether oxygens (including phenoxy) is 1. The molecule has 1 aliphatic heterocycles. The second-order valence-electron chi connectivity index (χ2n) is 6.27. The number of anilines is 1. The van der Waals surface area contributed by atoms with E-state index in [-0.39, 0.29) is 12.1 Å². The molecule has 0 saturated carbocycles. The van der Waals surface area contributed by atoms with Gasteiger partial charge < -0.3 is 20.1 Å². The number of carbonyl (C=O) groups is 1. The van der Waals surface area contributed by atoms with Crippen molar-refractivity contribution >= 4 is 11.7 Å². The lowest BCUT2D eigenvalue weighted by atomic mass is 9.97. The SMILES string of the molecule is CCOCc1cccc(NC(=O)N2CCCC2C(C)(C)O)c1. The molecule has 1 unspecified atom stereocenters. The van der Waals surface area contributed by atoms with E-state index < -0.39 is 5.60 Å². The second-order valence-corrected chi connectivity index (χ2v) is 6.27. The zero-order chi connectivity index (χ0) is 16.2. The Labute approximate surface area is 132 Å². The lowest BCUT2D eigenvalue weighted by Gasteiger charge is -2.33. The summed E-state index contributed by atoms with van der Waals surface area (Å²) in [6, 6.07) is 7.37. The molecule has 0 aliphatic carbocycles. The van der Waals surface area contributed by atoms with Crippen LogP contribution in [0.3, 0.4) is 0 Å². The van der Waals surface area contributed by atoms with Crippen molar-refractivity contribution in [1.29, 1.82) is 0 Å². The number of aliphatic hydroxyl groups is 1. The van der Waals surface area contributed by atoms with E-state index in [0.29, 0.717) is 19.8 Å². The van der Waals surface area contributed by atoms with Gasteiger partial charge in [0.1, 0.15) is 0 Å². The predicted octanol–water partition coefficient (Wildman–Crippen LogP) is 2.99. The van der Waals surface area contributed by atoms with E-state index in [0.717, 1.165) is 24.1 Å². The Kier molecular flexibility index (Phi) is 5.42. The third kappa shape index (κ3) is 4.21. The summed E-state index contributed by atoms with van der Waals surface area (Å²) in [4.78, 5) is 14.2. The number of hydrogen-bond donors (Lipinski definition) is 2. The quantitative estimate of drug-likeness (QED) is 0.879. The Morgan fingerprint density at radius 2 is 2.27 bits per heavy atom. The van der Waals surface area contributed by atoms with E-state index in [1.54, 1.807) is 18.7 Å². The number of carbonyl (C=O) groups excluding carboxylic acids is 1. The van der Waals surface area contributed by atoms with Crippen LogP contribution in [0.5, 0.6) is 0 Å². The lowest BCUT2D eigenvalue weighted by molar-refractivity contribution is 0.0117. The Morgan fingerprint density at radius 3 is 2.95 bits per heavy atom. The fourth-order valence-corrected chi connectivity index (χ4v) is 2.90. The van der Waals surface area contributed by atoms with Crippen LogP contribution in [0.4, 0.5) is 10.5 Å². The van der Waals surface area contributed by atoms with Crippen LogP contribution >= 0.6 is 0 Å². The highest BCUT2D eigenvalue weighted by Crippen LogP contribution is 2.27. The molecule has 2 rings (SSSR count). The molecule has 0 bridgehead atoms. The molecule has 0 aromatic heterocycles. The number of nitrogens with one attached hydrogen (secondary N) is 1. The first-order valence-electron chi connectivity index (χ1n) is 7.88. The van der Waals surface area contributed by atoms with Crippen LogP contribution in [-0.4, -0.2) is 40.8 Å². The van der Waals surface area contributed by atoms with E-state index >= 15 is 0 Å². The predicted molar refractivity (Wildman–Crippen MR) is 86.8 cm³/mol. The normalized spacial score (nSPS) is 18.5. The Morgan fingerprint density at radius 1 is 1.50 bits per heavy atom. The van der Waals surface area contributed by atoms with Crippen molar-refractivity contribution in [2.75, 3.05) is 18.5 Å². The first-order valence-corrected chi connectivity index (χ1v) is 7.88. The summed E-state index contributed by atoms with van der Waals surface area (Å²) in [5.74, 6) is 0. The summed E-state index contributed by atoms with van der Waals surface area (Å²) in [5.41, 5.74) is 0.897. The van der Waals surface area contributed by atoms with E-state index in [4.69, 9.17) is 4.74 Å².